The van der Waals surface area contributed by atoms with Crippen LogP contribution in [-0.4, -0.2) is 0 Å². The van der Waals surface area contributed by atoms with Crippen LogP contribution in [0.15, 0.2) is 30.3 Å². The SMILES string of the molecule is Clc1cc(Cl)c2c(c1)[C@H]1[C@@H]3CC[C@@H](C3)[C@H]1C(c1ccc(Cl)c(Cl)c1)N2. The molecule has 3 aliphatic rings. The Kier molecular flexibility index (Phi) is 3.95. The molecule has 2 saturated carbocycles. The van der Waals surface area contributed by atoms with E-state index in [1.54, 1.807) is 0 Å². The Morgan fingerprint density at radius 2 is 1.64 bits per heavy atom. The van der Waals surface area contributed by atoms with Crippen LogP contribution in [0.2, 0.25) is 20.1 Å². The molecule has 0 radical (unpaired) electrons. The highest BCUT2D eigenvalue weighted by Gasteiger charge is 2.54. The van der Waals surface area contributed by atoms with Crippen molar-refractivity contribution in [2.45, 2.75) is 31.2 Å². The highest BCUT2D eigenvalue weighted by atomic mass is 35.5. The Hall–Kier alpha value is -0.600. The Bertz CT molecular complexity index is 865. The maximum Gasteiger partial charge on any atom is 0.0655 e. The largest absolute Gasteiger partial charge is 0.376 e. The van der Waals surface area contributed by atoms with Crippen molar-refractivity contribution in [2.75, 3.05) is 5.32 Å². The van der Waals surface area contributed by atoms with Gasteiger partial charge in [0.05, 0.1) is 26.8 Å². The summed E-state index contributed by atoms with van der Waals surface area (Å²) in [5, 5.41) is 6.34. The first-order valence-corrected chi connectivity index (χ1v) is 10.2. The summed E-state index contributed by atoms with van der Waals surface area (Å²) < 4.78 is 0. The van der Waals surface area contributed by atoms with Crippen molar-refractivity contribution in [1.29, 1.82) is 0 Å². The first-order valence-electron chi connectivity index (χ1n) is 8.73. The van der Waals surface area contributed by atoms with Crippen molar-refractivity contribution in [3.05, 3.63) is 61.5 Å². The molecule has 2 aromatic rings. The van der Waals surface area contributed by atoms with Crippen LogP contribution >= 0.6 is 46.4 Å². The zero-order chi connectivity index (χ0) is 17.3. The van der Waals surface area contributed by atoms with E-state index in [4.69, 9.17) is 46.4 Å². The van der Waals surface area contributed by atoms with E-state index in [1.807, 2.05) is 18.2 Å². The Balaban J connectivity index is 1.67. The molecule has 1 heterocycles. The molecule has 1 unspecified atom stereocenters. The highest BCUT2D eigenvalue weighted by molar-refractivity contribution is 6.42. The average Bonchev–Trinajstić information content (AvgIpc) is 3.19. The Labute approximate surface area is 167 Å². The number of fused-ring (bicyclic) bond motifs is 7. The van der Waals surface area contributed by atoms with Crippen LogP contribution in [0.5, 0.6) is 0 Å². The third-order valence-electron chi connectivity index (χ3n) is 6.41. The lowest BCUT2D eigenvalue weighted by atomic mass is 9.68. The molecule has 0 amide bonds. The van der Waals surface area contributed by atoms with Crippen molar-refractivity contribution in [3.63, 3.8) is 0 Å². The Morgan fingerprint density at radius 3 is 2.44 bits per heavy atom. The predicted molar refractivity (Wildman–Crippen MR) is 106 cm³/mol. The highest BCUT2D eigenvalue weighted by Crippen LogP contribution is 2.64. The molecule has 2 bridgehead atoms. The molecule has 1 aliphatic heterocycles. The van der Waals surface area contributed by atoms with E-state index < -0.39 is 0 Å². The summed E-state index contributed by atoms with van der Waals surface area (Å²) in [5.41, 5.74) is 3.52. The van der Waals surface area contributed by atoms with Crippen LogP contribution in [0.25, 0.3) is 0 Å². The fraction of sp³-hybridized carbons (Fsp3) is 0.400. The van der Waals surface area contributed by atoms with Crippen LogP contribution in [0.3, 0.4) is 0 Å². The quantitative estimate of drug-likeness (QED) is 0.508. The lowest BCUT2D eigenvalue weighted by Gasteiger charge is -2.44. The number of anilines is 1. The van der Waals surface area contributed by atoms with E-state index in [0.29, 0.717) is 26.9 Å². The zero-order valence-corrected chi connectivity index (χ0v) is 16.4. The third kappa shape index (κ3) is 2.51. The number of benzene rings is 2. The minimum atomic E-state index is 0.209. The summed E-state index contributed by atoms with van der Waals surface area (Å²) in [4.78, 5) is 0. The zero-order valence-electron chi connectivity index (χ0n) is 13.4. The van der Waals surface area contributed by atoms with Gasteiger partial charge in [-0.05, 0) is 78.3 Å². The molecule has 1 nitrogen and oxygen atoms in total. The minimum Gasteiger partial charge on any atom is -0.376 e. The second-order valence-electron chi connectivity index (χ2n) is 7.58. The van der Waals surface area contributed by atoms with Crippen LogP contribution in [0, 0.1) is 17.8 Å². The Morgan fingerprint density at radius 1 is 0.840 bits per heavy atom. The van der Waals surface area contributed by atoms with Gasteiger partial charge in [0, 0.05) is 5.02 Å². The normalized spacial score (nSPS) is 32.2. The van der Waals surface area contributed by atoms with Gasteiger partial charge < -0.3 is 5.32 Å². The molecular formula is C20H17Cl4N. The summed E-state index contributed by atoms with van der Waals surface area (Å²) in [6.07, 6.45) is 3.93. The third-order valence-corrected chi connectivity index (χ3v) is 7.67. The molecule has 1 N–H and O–H groups in total. The van der Waals surface area contributed by atoms with E-state index in [0.717, 1.165) is 22.5 Å². The molecule has 0 spiro atoms. The lowest BCUT2D eigenvalue weighted by Crippen LogP contribution is -2.35. The number of hydrogen-bond acceptors (Lipinski definition) is 1. The van der Waals surface area contributed by atoms with Gasteiger partial charge in [0.15, 0.2) is 0 Å². The van der Waals surface area contributed by atoms with Crippen LogP contribution < -0.4 is 5.32 Å². The minimum absolute atomic E-state index is 0.209. The van der Waals surface area contributed by atoms with Gasteiger partial charge in [0.2, 0.25) is 0 Å². The van der Waals surface area contributed by atoms with E-state index in [9.17, 15) is 0 Å². The van der Waals surface area contributed by atoms with Crippen molar-refractivity contribution >= 4 is 52.1 Å². The second-order valence-corrected chi connectivity index (χ2v) is 9.24. The molecule has 0 aromatic heterocycles. The van der Waals surface area contributed by atoms with Crippen molar-refractivity contribution in [1.82, 2.24) is 0 Å². The molecule has 2 aromatic carbocycles. The maximum atomic E-state index is 6.56. The average molecular weight is 413 g/mol. The summed E-state index contributed by atoms with van der Waals surface area (Å²) in [6, 6.07) is 10.1. The van der Waals surface area contributed by atoms with Gasteiger partial charge in [0.1, 0.15) is 0 Å². The molecule has 2 fully saturated rings. The second kappa shape index (κ2) is 5.96. The van der Waals surface area contributed by atoms with Crippen LogP contribution in [0.4, 0.5) is 5.69 Å². The molecule has 5 rings (SSSR count). The summed E-state index contributed by atoms with van der Waals surface area (Å²) >= 11 is 25.3. The molecule has 130 valence electrons. The lowest BCUT2D eigenvalue weighted by molar-refractivity contribution is 0.247. The van der Waals surface area contributed by atoms with Gasteiger partial charge in [-0.1, -0.05) is 52.5 Å². The molecular weight excluding hydrogens is 396 g/mol. The topological polar surface area (TPSA) is 12.0 Å². The monoisotopic (exact) mass is 411 g/mol. The number of rotatable bonds is 1. The molecule has 2 aliphatic carbocycles. The van der Waals surface area contributed by atoms with Gasteiger partial charge in [-0.2, -0.15) is 0 Å². The van der Waals surface area contributed by atoms with E-state index >= 15 is 0 Å². The molecule has 5 atom stereocenters. The van der Waals surface area contributed by atoms with Gasteiger partial charge in [-0.3, -0.25) is 0 Å². The summed E-state index contributed by atoms with van der Waals surface area (Å²) in [6.45, 7) is 0. The first kappa shape index (κ1) is 16.6. The van der Waals surface area contributed by atoms with Gasteiger partial charge in [-0.15, -0.1) is 0 Å². The van der Waals surface area contributed by atoms with Crippen molar-refractivity contribution in [3.8, 4) is 0 Å². The molecule has 5 heteroatoms. The van der Waals surface area contributed by atoms with Crippen LogP contribution in [0.1, 0.15) is 42.3 Å². The summed E-state index contributed by atoms with van der Waals surface area (Å²) in [7, 11) is 0. The van der Waals surface area contributed by atoms with Gasteiger partial charge in [0.25, 0.3) is 0 Å². The maximum absolute atomic E-state index is 6.56. The number of hydrogen-bond donors (Lipinski definition) is 1. The number of halogens is 4. The smallest absolute Gasteiger partial charge is 0.0655 e. The molecule has 25 heavy (non-hydrogen) atoms. The van der Waals surface area contributed by atoms with Gasteiger partial charge >= 0.3 is 0 Å². The summed E-state index contributed by atoms with van der Waals surface area (Å²) in [5.74, 6) is 2.55. The molecule has 0 saturated heterocycles. The standard InChI is InChI=1S/C20H17Cl4N/c21-12-7-13-17-9-1-2-10(5-9)18(17)19(25-20(13)16(24)8-12)11-3-4-14(22)15(23)6-11/h3-4,6-10,17-19,25H,1-2,5H2/t9-,10+,17-,18-,19?/m1/s1. The van der Waals surface area contributed by atoms with Gasteiger partial charge in [-0.25, -0.2) is 0 Å². The fourth-order valence-electron chi connectivity index (χ4n) is 5.55. The van der Waals surface area contributed by atoms with E-state index in [2.05, 4.69) is 17.4 Å². The van der Waals surface area contributed by atoms with Crippen LogP contribution in [-0.2, 0) is 0 Å². The predicted octanol–water partition coefficient (Wildman–Crippen LogP) is 7.60. The van der Waals surface area contributed by atoms with Crippen molar-refractivity contribution < 1.29 is 0 Å². The van der Waals surface area contributed by atoms with E-state index in [1.165, 1.54) is 30.4 Å². The number of nitrogens with one attached hydrogen (secondary N) is 1. The fourth-order valence-corrected chi connectivity index (χ4v) is 6.42. The first-order chi connectivity index (χ1) is 12.0. The van der Waals surface area contributed by atoms with Crippen molar-refractivity contribution in [2.24, 2.45) is 17.8 Å². The van der Waals surface area contributed by atoms with E-state index in [-0.39, 0.29) is 6.04 Å².